The van der Waals surface area contributed by atoms with Crippen LogP contribution in [0.1, 0.15) is 12.0 Å². The van der Waals surface area contributed by atoms with E-state index in [9.17, 15) is 14.4 Å². The number of carbonyl (C=O) groups excluding carboxylic acids is 2. The average Bonchev–Trinajstić information content (AvgIpc) is 2.92. The van der Waals surface area contributed by atoms with Crippen molar-refractivity contribution in [2.24, 2.45) is 5.92 Å². The van der Waals surface area contributed by atoms with Gasteiger partial charge in [0.1, 0.15) is 6.54 Å². The van der Waals surface area contributed by atoms with Crippen molar-refractivity contribution >= 4 is 17.8 Å². The van der Waals surface area contributed by atoms with Crippen LogP contribution in [0.25, 0.3) is 0 Å². The Balaban J connectivity index is 2.00. The molecule has 2 amide bonds. The van der Waals surface area contributed by atoms with E-state index < -0.39 is 11.9 Å². The molecule has 1 saturated heterocycles. The van der Waals surface area contributed by atoms with Crippen LogP contribution in [0.15, 0.2) is 30.3 Å². The molecule has 7 heteroatoms. The van der Waals surface area contributed by atoms with Gasteiger partial charge >= 0.3 is 5.97 Å². The maximum atomic E-state index is 12.7. The minimum absolute atomic E-state index is 0.0647. The zero-order valence-corrected chi connectivity index (χ0v) is 14.7. The van der Waals surface area contributed by atoms with Gasteiger partial charge in [-0.3, -0.25) is 14.4 Å². The predicted octanol–water partition coefficient (Wildman–Crippen LogP) is 0.510. The summed E-state index contributed by atoms with van der Waals surface area (Å²) >= 11 is 0. The molecule has 1 fully saturated rings. The number of carboxylic acids is 1. The number of nitrogens with zero attached hydrogens (tertiary/aromatic N) is 3. The zero-order valence-electron chi connectivity index (χ0n) is 14.7. The van der Waals surface area contributed by atoms with Gasteiger partial charge in [0, 0.05) is 32.6 Å². The molecule has 136 valence electrons. The van der Waals surface area contributed by atoms with Crippen molar-refractivity contribution in [1.29, 1.82) is 0 Å². The molecule has 1 N–H and O–H groups in total. The molecule has 0 aliphatic carbocycles. The van der Waals surface area contributed by atoms with Crippen molar-refractivity contribution in [2.75, 3.05) is 40.3 Å². The summed E-state index contributed by atoms with van der Waals surface area (Å²) in [4.78, 5) is 40.9. The second-order valence-corrected chi connectivity index (χ2v) is 6.62. The summed E-state index contributed by atoms with van der Waals surface area (Å²) in [5.41, 5.74) is 1.01. The van der Waals surface area contributed by atoms with Crippen molar-refractivity contribution in [2.45, 2.75) is 13.0 Å². The lowest BCUT2D eigenvalue weighted by Crippen LogP contribution is -2.43. The number of aliphatic carboxylic acids is 1. The standard InChI is InChI=1S/C18H25N3O4/c1-19(2)8-9-20(13-17(23)24)18(25)15-10-16(22)21(12-15)11-14-6-4-3-5-7-14/h3-7,15H,8-13H2,1-2H3,(H,23,24)/t15-/m0/s1. The maximum absolute atomic E-state index is 12.7. The number of hydrogen-bond donors (Lipinski definition) is 1. The monoisotopic (exact) mass is 347 g/mol. The Morgan fingerprint density at radius 1 is 1.20 bits per heavy atom. The van der Waals surface area contributed by atoms with Gasteiger partial charge in [0.2, 0.25) is 11.8 Å². The number of benzene rings is 1. The SMILES string of the molecule is CN(C)CCN(CC(=O)O)C(=O)[C@H]1CC(=O)N(Cc2ccccc2)C1. The van der Waals surface area contributed by atoms with Crippen molar-refractivity contribution in [3.63, 3.8) is 0 Å². The molecular formula is C18H25N3O4. The molecule has 1 heterocycles. The predicted molar refractivity (Wildman–Crippen MR) is 92.7 cm³/mol. The average molecular weight is 347 g/mol. The third kappa shape index (κ3) is 5.56. The van der Waals surface area contributed by atoms with Crippen LogP contribution < -0.4 is 0 Å². The molecule has 1 aromatic carbocycles. The lowest BCUT2D eigenvalue weighted by Gasteiger charge is -2.25. The molecule has 0 unspecified atom stereocenters. The van der Waals surface area contributed by atoms with Crippen LogP contribution in [-0.4, -0.2) is 77.9 Å². The first-order chi connectivity index (χ1) is 11.9. The number of carbonyl (C=O) groups is 3. The molecular weight excluding hydrogens is 322 g/mol. The molecule has 0 saturated carbocycles. The molecule has 1 atom stereocenters. The smallest absolute Gasteiger partial charge is 0.323 e. The number of hydrogen-bond acceptors (Lipinski definition) is 4. The van der Waals surface area contributed by atoms with Crippen molar-refractivity contribution < 1.29 is 19.5 Å². The highest BCUT2D eigenvalue weighted by atomic mass is 16.4. The highest BCUT2D eigenvalue weighted by molar-refractivity contribution is 5.90. The van der Waals surface area contributed by atoms with Gasteiger partial charge < -0.3 is 19.8 Å². The fourth-order valence-corrected chi connectivity index (χ4v) is 2.90. The van der Waals surface area contributed by atoms with Crippen molar-refractivity contribution in [1.82, 2.24) is 14.7 Å². The Hall–Kier alpha value is -2.41. The van der Waals surface area contributed by atoms with E-state index in [1.165, 1.54) is 4.90 Å². The van der Waals surface area contributed by atoms with Gasteiger partial charge in [-0.15, -0.1) is 0 Å². The first kappa shape index (κ1) is 18.9. The zero-order chi connectivity index (χ0) is 18.4. The number of carboxylic acid groups (broad SMARTS) is 1. The van der Waals surface area contributed by atoms with Gasteiger partial charge in [0.25, 0.3) is 0 Å². The highest BCUT2D eigenvalue weighted by Crippen LogP contribution is 2.22. The van der Waals surface area contributed by atoms with Gasteiger partial charge in [-0.2, -0.15) is 0 Å². The second kappa shape index (κ2) is 8.62. The Kier molecular flexibility index (Phi) is 6.52. The molecule has 2 rings (SSSR count). The fraction of sp³-hybridized carbons (Fsp3) is 0.500. The summed E-state index contributed by atoms with van der Waals surface area (Å²) in [6, 6.07) is 9.62. The quantitative estimate of drug-likeness (QED) is 0.741. The van der Waals surface area contributed by atoms with Gasteiger partial charge in [0.15, 0.2) is 0 Å². The van der Waals surface area contributed by atoms with E-state index >= 15 is 0 Å². The van der Waals surface area contributed by atoms with Gasteiger partial charge in [-0.05, 0) is 19.7 Å². The molecule has 1 aliphatic heterocycles. The Labute approximate surface area is 147 Å². The molecule has 0 aromatic heterocycles. The summed E-state index contributed by atoms with van der Waals surface area (Å²) < 4.78 is 0. The summed E-state index contributed by atoms with van der Waals surface area (Å²) in [6.45, 7) is 1.38. The normalized spacial score (nSPS) is 17.2. The number of amides is 2. The van der Waals surface area contributed by atoms with E-state index in [1.807, 2.05) is 49.3 Å². The van der Waals surface area contributed by atoms with Gasteiger partial charge in [0.05, 0.1) is 5.92 Å². The van der Waals surface area contributed by atoms with E-state index in [1.54, 1.807) is 4.90 Å². The molecule has 0 bridgehead atoms. The molecule has 1 aromatic rings. The number of rotatable bonds is 8. The lowest BCUT2D eigenvalue weighted by atomic mass is 10.1. The summed E-state index contributed by atoms with van der Waals surface area (Å²) in [5, 5.41) is 9.05. The number of likely N-dealkylation sites (N-methyl/N-ethyl adjacent to an activating group) is 1. The first-order valence-corrected chi connectivity index (χ1v) is 8.34. The summed E-state index contributed by atoms with van der Waals surface area (Å²) in [6.07, 6.45) is 0.143. The van der Waals surface area contributed by atoms with E-state index in [0.717, 1.165) is 5.56 Å². The van der Waals surface area contributed by atoms with Crippen LogP contribution in [0.2, 0.25) is 0 Å². The van der Waals surface area contributed by atoms with E-state index in [2.05, 4.69) is 0 Å². The fourth-order valence-electron chi connectivity index (χ4n) is 2.90. The van der Waals surface area contributed by atoms with E-state index in [0.29, 0.717) is 26.2 Å². The van der Waals surface area contributed by atoms with Crippen LogP contribution in [-0.2, 0) is 20.9 Å². The van der Waals surface area contributed by atoms with Crippen molar-refractivity contribution in [3.05, 3.63) is 35.9 Å². The summed E-state index contributed by atoms with van der Waals surface area (Å²) in [7, 11) is 3.73. The maximum Gasteiger partial charge on any atom is 0.323 e. The third-order valence-corrected chi connectivity index (χ3v) is 4.23. The van der Waals surface area contributed by atoms with Gasteiger partial charge in [-0.25, -0.2) is 0 Å². The van der Waals surface area contributed by atoms with Gasteiger partial charge in [-0.1, -0.05) is 30.3 Å². The highest BCUT2D eigenvalue weighted by Gasteiger charge is 2.36. The van der Waals surface area contributed by atoms with E-state index in [-0.39, 0.29) is 24.8 Å². The molecule has 7 nitrogen and oxygen atoms in total. The third-order valence-electron chi connectivity index (χ3n) is 4.23. The van der Waals surface area contributed by atoms with Crippen LogP contribution >= 0.6 is 0 Å². The number of likely N-dealkylation sites (tertiary alicyclic amines) is 1. The van der Waals surface area contributed by atoms with Crippen LogP contribution in [0.5, 0.6) is 0 Å². The Morgan fingerprint density at radius 2 is 1.88 bits per heavy atom. The lowest BCUT2D eigenvalue weighted by molar-refractivity contribution is -0.146. The molecule has 25 heavy (non-hydrogen) atoms. The first-order valence-electron chi connectivity index (χ1n) is 8.34. The molecule has 0 spiro atoms. The molecule has 1 aliphatic rings. The largest absolute Gasteiger partial charge is 0.480 e. The van der Waals surface area contributed by atoms with Crippen LogP contribution in [0.3, 0.4) is 0 Å². The summed E-state index contributed by atoms with van der Waals surface area (Å²) in [5.74, 6) is -1.84. The van der Waals surface area contributed by atoms with Crippen LogP contribution in [0.4, 0.5) is 0 Å². The van der Waals surface area contributed by atoms with Crippen LogP contribution in [0, 0.1) is 5.92 Å². The minimum Gasteiger partial charge on any atom is -0.480 e. The Morgan fingerprint density at radius 3 is 2.48 bits per heavy atom. The molecule has 0 radical (unpaired) electrons. The topological polar surface area (TPSA) is 81.2 Å². The Bertz CT molecular complexity index is 618. The minimum atomic E-state index is -1.04. The van der Waals surface area contributed by atoms with E-state index in [4.69, 9.17) is 5.11 Å². The van der Waals surface area contributed by atoms with Crippen molar-refractivity contribution in [3.8, 4) is 0 Å². The second-order valence-electron chi connectivity index (χ2n) is 6.62.